The Kier molecular flexibility index (Phi) is 2.67. The van der Waals surface area contributed by atoms with Crippen molar-refractivity contribution in [2.45, 2.75) is 6.42 Å². The number of hydrogen-bond acceptors (Lipinski definition) is 3. The van der Waals surface area contributed by atoms with Crippen molar-refractivity contribution in [1.29, 1.82) is 0 Å². The Morgan fingerprint density at radius 2 is 2.11 bits per heavy atom. The first-order valence-corrected chi connectivity index (χ1v) is 6.10. The molecule has 0 saturated carbocycles. The highest BCUT2D eigenvalue weighted by Crippen LogP contribution is 2.30. The van der Waals surface area contributed by atoms with E-state index in [1.165, 1.54) is 0 Å². The molecule has 0 radical (unpaired) electrons. The quantitative estimate of drug-likeness (QED) is 0.872. The van der Waals surface area contributed by atoms with Gasteiger partial charge in [-0.15, -0.1) is 0 Å². The van der Waals surface area contributed by atoms with Crippen molar-refractivity contribution in [1.82, 2.24) is 4.98 Å². The van der Waals surface area contributed by atoms with Crippen LogP contribution in [0.5, 0.6) is 0 Å². The number of pyridine rings is 1. The van der Waals surface area contributed by atoms with Crippen molar-refractivity contribution >= 4 is 28.4 Å². The number of hydrogen-bond donors (Lipinski definition) is 1. The molecule has 0 bridgehead atoms. The van der Waals surface area contributed by atoms with Gasteiger partial charge in [-0.2, -0.15) is 0 Å². The van der Waals surface area contributed by atoms with Crippen molar-refractivity contribution < 1.29 is 9.59 Å². The molecule has 2 aromatic rings. The molecule has 1 atom stereocenters. The van der Waals surface area contributed by atoms with E-state index in [1.54, 1.807) is 17.2 Å². The number of benzene rings is 1. The molecular weight excluding hydrogens is 242 g/mol. The van der Waals surface area contributed by atoms with E-state index in [0.717, 1.165) is 16.6 Å². The summed E-state index contributed by atoms with van der Waals surface area (Å²) in [5, 5.41) is 0.906. The van der Waals surface area contributed by atoms with Crippen molar-refractivity contribution in [3.8, 4) is 0 Å². The van der Waals surface area contributed by atoms with Crippen molar-refractivity contribution in [2.24, 2.45) is 11.7 Å². The number of amides is 2. The number of nitrogens with two attached hydrogens (primary N) is 1. The van der Waals surface area contributed by atoms with Gasteiger partial charge in [-0.05, 0) is 12.1 Å². The SMILES string of the molecule is NC(=O)C1CC(=O)N(c2ccnc3ccccc23)C1. The zero-order valence-corrected chi connectivity index (χ0v) is 10.2. The van der Waals surface area contributed by atoms with Crippen LogP contribution in [0, 0.1) is 5.92 Å². The molecule has 1 saturated heterocycles. The molecule has 1 unspecified atom stereocenters. The summed E-state index contributed by atoms with van der Waals surface area (Å²) in [7, 11) is 0. The van der Waals surface area contributed by atoms with Crippen LogP contribution in [0.1, 0.15) is 6.42 Å². The van der Waals surface area contributed by atoms with Crippen LogP contribution in [0.25, 0.3) is 10.9 Å². The zero-order valence-electron chi connectivity index (χ0n) is 10.2. The second-order valence-corrected chi connectivity index (χ2v) is 4.65. The van der Waals surface area contributed by atoms with E-state index in [1.807, 2.05) is 24.3 Å². The molecule has 2 heterocycles. The van der Waals surface area contributed by atoms with Crippen molar-refractivity contribution in [3.05, 3.63) is 36.5 Å². The minimum atomic E-state index is -0.422. The summed E-state index contributed by atoms with van der Waals surface area (Å²) in [5.74, 6) is -0.895. The zero-order chi connectivity index (χ0) is 13.4. The number of aromatic nitrogens is 1. The number of anilines is 1. The monoisotopic (exact) mass is 255 g/mol. The van der Waals surface area contributed by atoms with Crippen LogP contribution in [-0.2, 0) is 9.59 Å². The van der Waals surface area contributed by atoms with E-state index >= 15 is 0 Å². The van der Waals surface area contributed by atoms with Crippen LogP contribution in [0.2, 0.25) is 0 Å². The van der Waals surface area contributed by atoms with E-state index in [2.05, 4.69) is 4.98 Å². The molecule has 5 heteroatoms. The van der Waals surface area contributed by atoms with E-state index < -0.39 is 11.8 Å². The Labute approximate surface area is 110 Å². The summed E-state index contributed by atoms with van der Waals surface area (Å²) in [5.41, 5.74) is 6.90. The molecule has 1 aromatic carbocycles. The standard InChI is InChI=1S/C14H13N3O2/c15-14(19)9-7-13(18)17(8-9)12-5-6-16-11-4-2-1-3-10(11)12/h1-6,9H,7-8H2,(H2,15,19). The summed E-state index contributed by atoms with van der Waals surface area (Å²) in [6.07, 6.45) is 1.86. The molecule has 2 N–H and O–H groups in total. The average Bonchev–Trinajstić information content (AvgIpc) is 2.80. The molecule has 1 fully saturated rings. The number of carbonyl (C=O) groups excluding carboxylic acids is 2. The Balaban J connectivity index is 2.05. The first-order chi connectivity index (χ1) is 9.16. The molecule has 0 aliphatic carbocycles. The molecule has 2 amide bonds. The van der Waals surface area contributed by atoms with Gasteiger partial charge in [0.1, 0.15) is 0 Å². The highest BCUT2D eigenvalue weighted by Gasteiger charge is 2.34. The van der Waals surface area contributed by atoms with Crippen LogP contribution >= 0.6 is 0 Å². The molecule has 19 heavy (non-hydrogen) atoms. The van der Waals surface area contributed by atoms with Gasteiger partial charge in [0.25, 0.3) is 0 Å². The Morgan fingerprint density at radius 3 is 2.84 bits per heavy atom. The van der Waals surface area contributed by atoms with E-state index in [9.17, 15) is 9.59 Å². The number of carbonyl (C=O) groups is 2. The lowest BCUT2D eigenvalue weighted by Gasteiger charge is -2.18. The smallest absolute Gasteiger partial charge is 0.227 e. The van der Waals surface area contributed by atoms with E-state index in [4.69, 9.17) is 5.73 Å². The van der Waals surface area contributed by atoms with Gasteiger partial charge in [0.05, 0.1) is 17.1 Å². The van der Waals surface area contributed by atoms with E-state index in [0.29, 0.717) is 6.54 Å². The van der Waals surface area contributed by atoms with Gasteiger partial charge in [0.2, 0.25) is 11.8 Å². The lowest BCUT2D eigenvalue weighted by molar-refractivity contribution is -0.123. The van der Waals surface area contributed by atoms with Gasteiger partial charge < -0.3 is 10.6 Å². The van der Waals surface area contributed by atoms with Crippen LogP contribution in [0.15, 0.2) is 36.5 Å². The van der Waals surface area contributed by atoms with Gasteiger partial charge in [0.15, 0.2) is 0 Å². The van der Waals surface area contributed by atoms with Crippen LogP contribution in [-0.4, -0.2) is 23.3 Å². The van der Waals surface area contributed by atoms with Gasteiger partial charge in [-0.25, -0.2) is 0 Å². The van der Waals surface area contributed by atoms with Gasteiger partial charge in [-0.1, -0.05) is 18.2 Å². The third-order valence-electron chi connectivity index (χ3n) is 3.44. The molecule has 96 valence electrons. The number of nitrogens with zero attached hydrogens (tertiary/aromatic N) is 2. The number of rotatable bonds is 2. The van der Waals surface area contributed by atoms with Gasteiger partial charge >= 0.3 is 0 Å². The fraction of sp³-hybridized carbons (Fsp3) is 0.214. The summed E-state index contributed by atoms with van der Waals surface area (Å²) >= 11 is 0. The minimum absolute atomic E-state index is 0.0693. The number of para-hydroxylation sites is 1. The maximum Gasteiger partial charge on any atom is 0.227 e. The Morgan fingerprint density at radius 1 is 1.32 bits per heavy atom. The summed E-state index contributed by atoms with van der Waals surface area (Å²) in [6, 6.07) is 9.41. The van der Waals surface area contributed by atoms with Crippen LogP contribution < -0.4 is 10.6 Å². The predicted molar refractivity (Wildman–Crippen MR) is 71.4 cm³/mol. The average molecular weight is 255 g/mol. The highest BCUT2D eigenvalue weighted by molar-refractivity contribution is 6.06. The highest BCUT2D eigenvalue weighted by atomic mass is 16.2. The first kappa shape index (κ1) is 11.6. The maximum atomic E-state index is 12.0. The topological polar surface area (TPSA) is 76.3 Å². The number of primary amides is 1. The lowest BCUT2D eigenvalue weighted by atomic mass is 10.1. The van der Waals surface area contributed by atoms with Gasteiger partial charge in [-0.3, -0.25) is 14.6 Å². The van der Waals surface area contributed by atoms with E-state index in [-0.39, 0.29) is 12.3 Å². The summed E-state index contributed by atoms with van der Waals surface area (Å²) in [4.78, 5) is 29.1. The molecule has 3 rings (SSSR count). The molecule has 1 aliphatic heterocycles. The number of fused-ring (bicyclic) bond motifs is 1. The molecule has 1 aliphatic rings. The third-order valence-corrected chi connectivity index (χ3v) is 3.44. The Hall–Kier alpha value is -2.43. The predicted octanol–water partition coefficient (Wildman–Crippen LogP) is 1.07. The van der Waals surface area contributed by atoms with Crippen molar-refractivity contribution in [2.75, 3.05) is 11.4 Å². The van der Waals surface area contributed by atoms with Crippen LogP contribution in [0.3, 0.4) is 0 Å². The fourth-order valence-electron chi connectivity index (χ4n) is 2.45. The second-order valence-electron chi connectivity index (χ2n) is 4.65. The molecular formula is C14H13N3O2. The first-order valence-electron chi connectivity index (χ1n) is 6.10. The normalized spacial score (nSPS) is 19.1. The largest absolute Gasteiger partial charge is 0.369 e. The minimum Gasteiger partial charge on any atom is -0.369 e. The lowest BCUT2D eigenvalue weighted by Crippen LogP contribution is -2.28. The van der Waals surface area contributed by atoms with Gasteiger partial charge in [0, 0.05) is 24.5 Å². The third kappa shape index (κ3) is 1.93. The maximum absolute atomic E-state index is 12.0. The second kappa shape index (κ2) is 4.35. The summed E-state index contributed by atoms with van der Waals surface area (Å²) in [6.45, 7) is 0.349. The summed E-state index contributed by atoms with van der Waals surface area (Å²) < 4.78 is 0. The molecule has 5 nitrogen and oxygen atoms in total. The molecule has 0 spiro atoms. The van der Waals surface area contributed by atoms with Crippen molar-refractivity contribution in [3.63, 3.8) is 0 Å². The molecule has 1 aromatic heterocycles. The van der Waals surface area contributed by atoms with Crippen LogP contribution in [0.4, 0.5) is 5.69 Å². The Bertz CT molecular complexity index is 663. The fourth-order valence-corrected chi connectivity index (χ4v) is 2.45.